The van der Waals surface area contributed by atoms with Crippen LogP contribution in [0.15, 0.2) is 12.1 Å². The molecule has 1 aliphatic heterocycles. The number of hydrogen-bond acceptors (Lipinski definition) is 4. The summed E-state index contributed by atoms with van der Waals surface area (Å²) in [6.07, 6.45) is 0. The predicted molar refractivity (Wildman–Crippen MR) is 59.3 cm³/mol. The predicted octanol–water partition coefficient (Wildman–Crippen LogP) is 1.32. The largest absolute Gasteiger partial charge is 0.478 e. The summed E-state index contributed by atoms with van der Waals surface area (Å²) < 4.78 is 32.3. The monoisotopic (exact) mass is 258 g/mol. The van der Waals surface area contributed by atoms with E-state index in [4.69, 9.17) is 9.84 Å². The van der Waals surface area contributed by atoms with Gasteiger partial charge in [-0.2, -0.15) is 0 Å². The number of hydrazine groups is 1. The molecule has 2 rings (SSSR count). The molecule has 0 radical (unpaired) electrons. The van der Waals surface area contributed by atoms with Crippen molar-refractivity contribution in [3.05, 3.63) is 29.3 Å². The van der Waals surface area contributed by atoms with Crippen molar-refractivity contribution < 1.29 is 23.4 Å². The molecule has 0 unspecified atom stereocenters. The summed E-state index contributed by atoms with van der Waals surface area (Å²) in [6.45, 7) is 1.95. The summed E-state index contributed by atoms with van der Waals surface area (Å²) in [6, 6.07) is 1.57. The van der Waals surface area contributed by atoms with Gasteiger partial charge in [0, 0.05) is 13.1 Å². The number of carbonyl (C=O) groups is 1. The van der Waals surface area contributed by atoms with Gasteiger partial charge in [-0.05, 0) is 12.1 Å². The Hall–Kier alpha value is -1.73. The van der Waals surface area contributed by atoms with E-state index in [0.29, 0.717) is 26.3 Å². The van der Waals surface area contributed by atoms with Gasteiger partial charge in [-0.3, -0.25) is 0 Å². The zero-order chi connectivity index (χ0) is 13.1. The number of nitrogens with zero attached hydrogens (tertiary/aromatic N) is 1. The molecular weight excluding hydrogens is 246 g/mol. The van der Waals surface area contributed by atoms with Gasteiger partial charge in [0.15, 0.2) is 11.6 Å². The molecule has 7 heteroatoms. The number of carboxylic acids is 1. The Balaban J connectivity index is 2.19. The van der Waals surface area contributed by atoms with Gasteiger partial charge < -0.3 is 15.3 Å². The number of anilines is 1. The number of carboxylic acid groups (broad SMARTS) is 1. The third-order valence-corrected chi connectivity index (χ3v) is 2.57. The van der Waals surface area contributed by atoms with E-state index in [2.05, 4.69) is 5.43 Å². The molecule has 1 aromatic carbocycles. The van der Waals surface area contributed by atoms with Crippen molar-refractivity contribution in [2.45, 2.75) is 0 Å². The van der Waals surface area contributed by atoms with E-state index in [0.717, 1.165) is 12.1 Å². The van der Waals surface area contributed by atoms with E-state index in [9.17, 15) is 13.6 Å². The van der Waals surface area contributed by atoms with Crippen LogP contribution < -0.4 is 5.43 Å². The van der Waals surface area contributed by atoms with E-state index in [1.54, 1.807) is 5.01 Å². The smallest absolute Gasteiger partial charge is 0.335 e. The van der Waals surface area contributed by atoms with E-state index >= 15 is 0 Å². The van der Waals surface area contributed by atoms with Gasteiger partial charge in [-0.25, -0.2) is 18.6 Å². The molecule has 0 atom stereocenters. The zero-order valence-corrected chi connectivity index (χ0v) is 9.45. The summed E-state index contributed by atoms with van der Waals surface area (Å²) >= 11 is 0. The normalized spacial score (nSPS) is 16.6. The maximum absolute atomic E-state index is 13.6. The van der Waals surface area contributed by atoms with Crippen molar-refractivity contribution in [1.29, 1.82) is 0 Å². The lowest BCUT2D eigenvalue weighted by atomic mass is 10.2. The third kappa shape index (κ3) is 2.74. The van der Waals surface area contributed by atoms with Crippen LogP contribution in [0.5, 0.6) is 0 Å². The minimum absolute atomic E-state index is 0.345. The minimum atomic E-state index is -1.37. The maximum Gasteiger partial charge on any atom is 0.335 e. The highest BCUT2D eigenvalue weighted by Gasteiger charge is 2.18. The molecule has 0 aliphatic carbocycles. The Labute approximate surface area is 102 Å². The maximum atomic E-state index is 13.6. The molecule has 1 fully saturated rings. The second-order valence-corrected chi connectivity index (χ2v) is 3.83. The van der Waals surface area contributed by atoms with Crippen LogP contribution in [0, 0.1) is 11.6 Å². The fourth-order valence-corrected chi connectivity index (χ4v) is 1.64. The van der Waals surface area contributed by atoms with E-state index in [1.807, 2.05) is 0 Å². The number of ether oxygens (including phenoxy) is 1. The molecule has 98 valence electrons. The van der Waals surface area contributed by atoms with Crippen LogP contribution in [0.4, 0.5) is 14.5 Å². The summed E-state index contributed by atoms with van der Waals surface area (Å²) in [5.74, 6) is -3.23. The molecule has 0 saturated carbocycles. The van der Waals surface area contributed by atoms with Crippen molar-refractivity contribution >= 4 is 11.7 Å². The number of halogens is 2. The number of hydrogen-bond donors (Lipinski definition) is 2. The van der Waals surface area contributed by atoms with Gasteiger partial charge >= 0.3 is 5.97 Å². The van der Waals surface area contributed by atoms with Crippen LogP contribution >= 0.6 is 0 Å². The van der Waals surface area contributed by atoms with Gasteiger partial charge in [0.05, 0.1) is 18.8 Å². The van der Waals surface area contributed by atoms with Crippen molar-refractivity contribution in [1.82, 2.24) is 5.01 Å². The molecule has 0 bridgehead atoms. The number of rotatable bonds is 3. The number of benzene rings is 1. The SMILES string of the molecule is O=C(O)c1cc(F)c(NN2CCOCC2)c(F)c1. The lowest BCUT2D eigenvalue weighted by molar-refractivity contribution is 0.0493. The van der Waals surface area contributed by atoms with Gasteiger partial charge in [0.25, 0.3) is 0 Å². The Kier molecular flexibility index (Phi) is 3.73. The highest BCUT2D eigenvalue weighted by Crippen LogP contribution is 2.21. The lowest BCUT2D eigenvalue weighted by Gasteiger charge is -2.28. The van der Waals surface area contributed by atoms with Crippen molar-refractivity contribution in [2.24, 2.45) is 0 Å². The minimum Gasteiger partial charge on any atom is -0.478 e. The number of nitrogens with one attached hydrogen (secondary N) is 1. The molecule has 1 aliphatic rings. The molecule has 2 N–H and O–H groups in total. The molecule has 1 aromatic rings. The van der Waals surface area contributed by atoms with Crippen LogP contribution in [0.25, 0.3) is 0 Å². The van der Waals surface area contributed by atoms with E-state index in [1.165, 1.54) is 0 Å². The van der Waals surface area contributed by atoms with Crippen molar-refractivity contribution in [3.8, 4) is 0 Å². The molecule has 0 spiro atoms. The fraction of sp³-hybridized carbons (Fsp3) is 0.364. The summed E-state index contributed by atoms with van der Waals surface area (Å²) in [5, 5.41) is 10.3. The summed E-state index contributed by atoms with van der Waals surface area (Å²) in [4.78, 5) is 10.6. The first-order valence-electron chi connectivity index (χ1n) is 5.39. The Bertz CT molecular complexity index is 439. The lowest BCUT2D eigenvalue weighted by Crippen LogP contribution is -2.40. The van der Waals surface area contributed by atoms with Crippen molar-refractivity contribution in [2.75, 3.05) is 31.7 Å². The average molecular weight is 258 g/mol. The molecule has 5 nitrogen and oxygen atoms in total. The van der Waals surface area contributed by atoms with Crippen molar-refractivity contribution in [3.63, 3.8) is 0 Å². The quantitative estimate of drug-likeness (QED) is 0.856. The number of morpholine rings is 1. The Morgan fingerprint density at radius 3 is 2.33 bits per heavy atom. The third-order valence-electron chi connectivity index (χ3n) is 2.57. The van der Waals surface area contributed by atoms with Gasteiger partial charge in [-0.1, -0.05) is 0 Å². The topological polar surface area (TPSA) is 61.8 Å². The van der Waals surface area contributed by atoms with Crippen LogP contribution in [-0.2, 0) is 4.74 Å². The Morgan fingerprint density at radius 1 is 1.28 bits per heavy atom. The van der Waals surface area contributed by atoms with Gasteiger partial charge in [0.2, 0.25) is 0 Å². The molecule has 1 heterocycles. The second-order valence-electron chi connectivity index (χ2n) is 3.83. The van der Waals surface area contributed by atoms with E-state index in [-0.39, 0.29) is 5.69 Å². The van der Waals surface area contributed by atoms with Gasteiger partial charge in [0.1, 0.15) is 5.69 Å². The molecular formula is C11H12F2N2O3. The second kappa shape index (κ2) is 5.28. The first kappa shape index (κ1) is 12.7. The highest BCUT2D eigenvalue weighted by molar-refractivity contribution is 5.88. The van der Waals surface area contributed by atoms with Crippen LogP contribution in [0.2, 0.25) is 0 Å². The Morgan fingerprint density at radius 2 is 1.83 bits per heavy atom. The first-order valence-corrected chi connectivity index (χ1v) is 5.39. The van der Waals surface area contributed by atoms with E-state index < -0.39 is 23.2 Å². The first-order chi connectivity index (χ1) is 8.58. The average Bonchev–Trinajstić information content (AvgIpc) is 2.34. The highest BCUT2D eigenvalue weighted by atomic mass is 19.1. The van der Waals surface area contributed by atoms with Gasteiger partial charge in [-0.15, -0.1) is 0 Å². The summed E-state index contributed by atoms with van der Waals surface area (Å²) in [7, 11) is 0. The van der Waals surface area contributed by atoms with Crippen LogP contribution in [0.3, 0.4) is 0 Å². The molecule has 0 aromatic heterocycles. The standard InChI is InChI=1S/C11H12F2N2O3/c12-8-5-7(11(16)17)6-9(13)10(8)14-15-1-3-18-4-2-15/h5-6,14H,1-4H2,(H,16,17). The fourth-order valence-electron chi connectivity index (χ4n) is 1.64. The zero-order valence-electron chi connectivity index (χ0n) is 9.45. The molecule has 18 heavy (non-hydrogen) atoms. The van der Waals surface area contributed by atoms with Crippen LogP contribution in [-0.4, -0.2) is 42.4 Å². The summed E-state index contributed by atoms with van der Waals surface area (Å²) in [5.41, 5.74) is 1.83. The van der Waals surface area contributed by atoms with Crippen LogP contribution in [0.1, 0.15) is 10.4 Å². The number of aromatic carboxylic acids is 1. The molecule has 0 amide bonds. The molecule has 1 saturated heterocycles.